The number of nitrogens with zero attached hydrogens (tertiary/aromatic N) is 3. The van der Waals surface area contributed by atoms with Gasteiger partial charge in [-0.05, 0) is 61.1 Å². The van der Waals surface area contributed by atoms with Gasteiger partial charge in [-0.3, -0.25) is 0 Å². The molecule has 1 unspecified atom stereocenters. The monoisotopic (exact) mass is 469 g/mol. The van der Waals surface area contributed by atoms with Gasteiger partial charge in [0, 0.05) is 17.2 Å². The molecule has 1 aliphatic heterocycles. The Morgan fingerprint density at radius 3 is 2.57 bits per heavy atom. The summed E-state index contributed by atoms with van der Waals surface area (Å²) in [6, 6.07) is 14.6. The fourth-order valence-corrected chi connectivity index (χ4v) is 4.13. The molecule has 3 aromatic rings. The highest BCUT2D eigenvalue weighted by molar-refractivity contribution is 9.10. The third-order valence-electron chi connectivity index (χ3n) is 5.41. The summed E-state index contributed by atoms with van der Waals surface area (Å²) in [7, 11) is 0. The van der Waals surface area contributed by atoms with Crippen LogP contribution in [-0.4, -0.2) is 27.6 Å². The summed E-state index contributed by atoms with van der Waals surface area (Å²) < 4.78 is 14.2. The first-order valence-corrected chi connectivity index (χ1v) is 10.7. The second-order valence-electron chi connectivity index (χ2n) is 7.36. The topological polar surface area (TPSA) is 66.3 Å². The molecule has 0 radical (unpaired) electrons. The zero-order chi connectivity index (χ0) is 21.1. The lowest BCUT2D eigenvalue weighted by Crippen LogP contribution is -2.25. The van der Waals surface area contributed by atoms with E-state index in [-0.39, 0.29) is 17.4 Å². The summed E-state index contributed by atoms with van der Waals surface area (Å²) >= 11 is 3.47. The third-order valence-corrected chi connectivity index (χ3v) is 5.94. The van der Waals surface area contributed by atoms with Gasteiger partial charge in [-0.25, -0.2) is 19.2 Å². The van der Waals surface area contributed by atoms with Gasteiger partial charge >= 0.3 is 5.97 Å². The van der Waals surface area contributed by atoms with Crippen LogP contribution < -0.4 is 4.90 Å². The highest BCUT2D eigenvalue weighted by atomic mass is 79.9. The zero-order valence-electron chi connectivity index (χ0n) is 16.3. The van der Waals surface area contributed by atoms with Crippen molar-refractivity contribution < 1.29 is 14.3 Å². The van der Waals surface area contributed by atoms with Crippen molar-refractivity contribution in [1.82, 2.24) is 9.97 Å². The van der Waals surface area contributed by atoms with Gasteiger partial charge in [0.2, 0.25) is 5.95 Å². The first-order chi connectivity index (χ1) is 14.5. The molecule has 0 amide bonds. The average molecular weight is 470 g/mol. The average Bonchev–Trinajstić information content (AvgIpc) is 3.23. The van der Waals surface area contributed by atoms with Crippen LogP contribution in [0.25, 0.3) is 0 Å². The first-order valence-electron chi connectivity index (χ1n) is 9.87. The minimum absolute atomic E-state index is 0.111. The van der Waals surface area contributed by atoms with Gasteiger partial charge in [-0.1, -0.05) is 40.2 Å². The third kappa shape index (κ3) is 4.51. The van der Waals surface area contributed by atoms with E-state index in [2.05, 4.69) is 42.9 Å². The molecule has 30 heavy (non-hydrogen) atoms. The van der Waals surface area contributed by atoms with Gasteiger partial charge in [-0.2, -0.15) is 0 Å². The Morgan fingerprint density at radius 1 is 1.13 bits per heavy atom. The van der Waals surface area contributed by atoms with E-state index in [1.54, 1.807) is 12.1 Å². The zero-order valence-corrected chi connectivity index (χ0v) is 17.8. The van der Waals surface area contributed by atoms with Crippen LogP contribution in [0, 0.1) is 5.82 Å². The van der Waals surface area contributed by atoms with Crippen LogP contribution in [0.2, 0.25) is 0 Å². The van der Waals surface area contributed by atoms with Gasteiger partial charge < -0.3 is 10.0 Å². The number of rotatable bonds is 6. The van der Waals surface area contributed by atoms with E-state index in [1.807, 2.05) is 12.1 Å². The molecule has 1 atom stereocenters. The quantitative estimate of drug-likeness (QED) is 0.536. The van der Waals surface area contributed by atoms with Gasteiger partial charge in [0.1, 0.15) is 5.82 Å². The molecule has 7 heteroatoms. The Morgan fingerprint density at radius 2 is 1.87 bits per heavy atom. The molecule has 1 N–H and O–H groups in total. The number of carbonyl (C=O) groups is 1. The molecule has 1 fully saturated rings. The molecule has 1 saturated heterocycles. The number of hydrogen-bond acceptors (Lipinski definition) is 4. The Kier molecular flexibility index (Phi) is 6.08. The van der Waals surface area contributed by atoms with Crippen molar-refractivity contribution in [3.63, 3.8) is 0 Å². The smallest absolute Gasteiger partial charge is 0.339 e. The normalized spacial score (nSPS) is 16.1. The number of hydrogen-bond donors (Lipinski definition) is 1. The standard InChI is InChI=1S/C23H21BrFN3O2/c24-17-8-6-16(7-9-17)21-2-1-13-28(21)23-26-14-19(22(29)30)20(27-23)12-5-15-3-10-18(25)11-4-15/h3-4,6-11,14,21H,1-2,5,12-13H2,(H,29,30). The maximum Gasteiger partial charge on any atom is 0.339 e. The van der Waals surface area contributed by atoms with Crippen LogP contribution in [0.5, 0.6) is 0 Å². The number of halogens is 2. The lowest BCUT2D eigenvalue weighted by molar-refractivity contribution is 0.0694. The molecular weight excluding hydrogens is 449 g/mol. The molecule has 0 aliphatic carbocycles. The van der Waals surface area contributed by atoms with Crippen LogP contribution in [0.3, 0.4) is 0 Å². The van der Waals surface area contributed by atoms with E-state index >= 15 is 0 Å². The predicted octanol–water partition coefficient (Wildman–Crippen LogP) is 5.20. The second-order valence-corrected chi connectivity index (χ2v) is 8.28. The van der Waals surface area contributed by atoms with E-state index in [0.717, 1.165) is 29.4 Å². The van der Waals surface area contributed by atoms with Crippen molar-refractivity contribution >= 4 is 27.8 Å². The van der Waals surface area contributed by atoms with Crippen molar-refractivity contribution in [1.29, 1.82) is 0 Å². The minimum Gasteiger partial charge on any atom is -0.478 e. The summed E-state index contributed by atoms with van der Waals surface area (Å²) in [6.07, 6.45) is 4.45. The van der Waals surface area contributed by atoms with Gasteiger partial charge in [-0.15, -0.1) is 0 Å². The maximum absolute atomic E-state index is 13.1. The van der Waals surface area contributed by atoms with E-state index in [9.17, 15) is 14.3 Å². The summed E-state index contributed by atoms with van der Waals surface area (Å²) in [5, 5.41) is 9.56. The van der Waals surface area contributed by atoms with Gasteiger partial charge in [0.15, 0.2) is 0 Å². The van der Waals surface area contributed by atoms with Crippen molar-refractivity contribution in [3.05, 3.63) is 87.4 Å². The summed E-state index contributed by atoms with van der Waals surface area (Å²) in [5.74, 6) is -0.775. The summed E-state index contributed by atoms with van der Waals surface area (Å²) in [5.41, 5.74) is 2.73. The molecule has 0 spiro atoms. The predicted molar refractivity (Wildman–Crippen MR) is 116 cm³/mol. The molecule has 0 bridgehead atoms. The van der Waals surface area contributed by atoms with Crippen LogP contribution in [0.1, 0.15) is 46.1 Å². The van der Waals surface area contributed by atoms with E-state index in [4.69, 9.17) is 0 Å². The number of benzene rings is 2. The fourth-order valence-electron chi connectivity index (χ4n) is 3.87. The Bertz CT molecular complexity index is 1040. The molecule has 1 aromatic heterocycles. The number of carboxylic acid groups (broad SMARTS) is 1. The molecule has 0 saturated carbocycles. The first kappa shape index (κ1) is 20.5. The second kappa shape index (κ2) is 8.92. The van der Waals surface area contributed by atoms with E-state index in [1.165, 1.54) is 23.9 Å². The lowest BCUT2D eigenvalue weighted by atomic mass is 10.0. The maximum atomic E-state index is 13.1. The van der Waals surface area contributed by atoms with Crippen LogP contribution in [0.15, 0.2) is 59.2 Å². The molecule has 1 aliphatic rings. The highest BCUT2D eigenvalue weighted by Crippen LogP contribution is 2.35. The van der Waals surface area contributed by atoms with Crippen LogP contribution in [-0.2, 0) is 12.8 Å². The summed E-state index contributed by atoms with van der Waals surface area (Å²) in [4.78, 5) is 22.9. The largest absolute Gasteiger partial charge is 0.478 e. The fraction of sp³-hybridized carbons (Fsp3) is 0.261. The van der Waals surface area contributed by atoms with Crippen molar-refractivity contribution in [2.75, 3.05) is 11.4 Å². The van der Waals surface area contributed by atoms with Crippen molar-refractivity contribution in [3.8, 4) is 0 Å². The minimum atomic E-state index is -1.04. The Balaban J connectivity index is 1.60. The molecular formula is C23H21BrFN3O2. The summed E-state index contributed by atoms with van der Waals surface area (Å²) in [6.45, 7) is 0.824. The SMILES string of the molecule is O=C(O)c1cnc(N2CCCC2c2ccc(Br)cc2)nc1CCc1ccc(F)cc1. The Hall–Kier alpha value is -2.80. The molecule has 4 rings (SSSR count). The molecule has 2 heterocycles. The molecule has 2 aromatic carbocycles. The van der Waals surface area contributed by atoms with Crippen LogP contribution in [0.4, 0.5) is 10.3 Å². The van der Waals surface area contributed by atoms with E-state index < -0.39 is 5.97 Å². The highest BCUT2D eigenvalue weighted by Gasteiger charge is 2.29. The number of carboxylic acids is 1. The lowest BCUT2D eigenvalue weighted by Gasteiger charge is -2.25. The van der Waals surface area contributed by atoms with E-state index in [0.29, 0.717) is 24.5 Å². The van der Waals surface area contributed by atoms with Crippen LogP contribution >= 0.6 is 15.9 Å². The number of aryl methyl sites for hydroxylation is 2. The number of aromatic carboxylic acids is 1. The number of aromatic nitrogens is 2. The number of anilines is 1. The van der Waals surface area contributed by atoms with Gasteiger partial charge in [0.25, 0.3) is 0 Å². The molecule has 154 valence electrons. The van der Waals surface area contributed by atoms with Crippen molar-refractivity contribution in [2.24, 2.45) is 0 Å². The van der Waals surface area contributed by atoms with Gasteiger partial charge in [0.05, 0.1) is 17.3 Å². The van der Waals surface area contributed by atoms with Crippen molar-refractivity contribution in [2.45, 2.75) is 31.7 Å². The Labute approximate surface area is 182 Å². The molecule has 5 nitrogen and oxygen atoms in total.